The molecule has 0 spiro atoms. The predicted octanol–water partition coefficient (Wildman–Crippen LogP) is 2.57. The van der Waals surface area contributed by atoms with Gasteiger partial charge in [0.15, 0.2) is 0 Å². The van der Waals surface area contributed by atoms with Crippen LogP contribution in [0.5, 0.6) is 0 Å². The number of benzene rings is 1. The molecule has 0 saturated carbocycles. The monoisotopic (exact) mass is 264 g/mol. The fourth-order valence-electron chi connectivity index (χ4n) is 1.77. The summed E-state index contributed by atoms with van der Waals surface area (Å²) >= 11 is 0. The van der Waals surface area contributed by atoms with E-state index in [1.807, 2.05) is 18.2 Å². The molecule has 0 aliphatic rings. The molecule has 0 aliphatic carbocycles. The van der Waals surface area contributed by atoms with Crippen molar-refractivity contribution < 1.29 is 9.57 Å². The Kier molecular flexibility index (Phi) is 8.68. The molecule has 19 heavy (non-hydrogen) atoms. The van der Waals surface area contributed by atoms with Gasteiger partial charge in [-0.1, -0.05) is 41.9 Å². The Morgan fingerprint density at radius 1 is 1.11 bits per heavy atom. The van der Waals surface area contributed by atoms with Crippen molar-refractivity contribution in [2.24, 2.45) is 10.9 Å². The van der Waals surface area contributed by atoms with Gasteiger partial charge in [-0.3, -0.25) is 0 Å². The molecule has 4 heteroatoms. The second kappa shape index (κ2) is 10.5. The first-order valence-electron chi connectivity index (χ1n) is 6.81. The first kappa shape index (κ1) is 15.7. The molecule has 2 N–H and O–H groups in total. The van der Waals surface area contributed by atoms with Crippen LogP contribution in [0.4, 0.5) is 0 Å². The van der Waals surface area contributed by atoms with Crippen molar-refractivity contribution in [2.45, 2.75) is 25.7 Å². The fourth-order valence-corrected chi connectivity index (χ4v) is 1.77. The van der Waals surface area contributed by atoms with Gasteiger partial charge >= 0.3 is 0 Å². The zero-order chi connectivity index (χ0) is 13.8. The molecule has 0 saturated heterocycles. The van der Waals surface area contributed by atoms with Crippen LogP contribution in [0.15, 0.2) is 35.5 Å². The van der Waals surface area contributed by atoms with Gasteiger partial charge in [0, 0.05) is 20.3 Å². The van der Waals surface area contributed by atoms with Crippen LogP contribution in [0, 0.1) is 0 Å². The number of ether oxygens (including phenoxy) is 1. The lowest BCUT2D eigenvalue weighted by atomic mass is 10.0. The topological polar surface area (TPSA) is 56.8 Å². The fraction of sp³-hybridized carbons (Fsp3) is 0.533. The van der Waals surface area contributed by atoms with Crippen LogP contribution >= 0.6 is 0 Å². The van der Waals surface area contributed by atoms with E-state index in [1.165, 1.54) is 0 Å². The van der Waals surface area contributed by atoms with Gasteiger partial charge in [-0.05, 0) is 24.8 Å². The Morgan fingerprint density at radius 2 is 1.89 bits per heavy atom. The Labute approximate surface area is 115 Å². The number of hydrogen-bond donors (Lipinski definition) is 1. The molecule has 0 aromatic heterocycles. The summed E-state index contributed by atoms with van der Waals surface area (Å²) in [6.45, 7) is 1.76. The third kappa shape index (κ3) is 6.94. The molecular formula is C15H24N2O2. The predicted molar refractivity (Wildman–Crippen MR) is 78.3 cm³/mol. The van der Waals surface area contributed by atoms with Crippen LogP contribution in [0.2, 0.25) is 0 Å². The van der Waals surface area contributed by atoms with Crippen LogP contribution in [0.3, 0.4) is 0 Å². The average Bonchev–Trinajstić information content (AvgIpc) is 2.46. The van der Waals surface area contributed by atoms with Crippen LogP contribution in [0.25, 0.3) is 0 Å². The average molecular weight is 264 g/mol. The van der Waals surface area contributed by atoms with Gasteiger partial charge in [0.25, 0.3) is 0 Å². The molecule has 1 rings (SSSR count). The van der Waals surface area contributed by atoms with E-state index in [0.29, 0.717) is 13.2 Å². The first-order chi connectivity index (χ1) is 9.38. The Hall–Kier alpha value is -1.39. The van der Waals surface area contributed by atoms with Crippen molar-refractivity contribution in [2.75, 3.05) is 26.9 Å². The lowest BCUT2D eigenvalue weighted by Gasteiger charge is -2.07. The highest BCUT2D eigenvalue weighted by molar-refractivity contribution is 6.00. The zero-order valence-corrected chi connectivity index (χ0v) is 11.7. The molecule has 1 aromatic carbocycles. The molecule has 0 unspecified atom stereocenters. The zero-order valence-electron chi connectivity index (χ0n) is 11.7. The number of rotatable bonds is 10. The summed E-state index contributed by atoms with van der Waals surface area (Å²) in [5.41, 5.74) is 7.51. The minimum Gasteiger partial charge on any atom is -0.394 e. The second-order valence-corrected chi connectivity index (χ2v) is 4.33. The van der Waals surface area contributed by atoms with Gasteiger partial charge in [0.2, 0.25) is 0 Å². The maximum Gasteiger partial charge on any atom is 0.129 e. The summed E-state index contributed by atoms with van der Waals surface area (Å²) in [4.78, 5) is 5.22. The number of hydrogen-bond acceptors (Lipinski definition) is 4. The Morgan fingerprint density at radius 3 is 2.58 bits per heavy atom. The van der Waals surface area contributed by atoms with E-state index in [2.05, 4.69) is 17.3 Å². The van der Waals surface area contributed by atoms with E-state index in [9.17, 15) is 0 Å². The molecule has 0 aliphatic heterocycles. The van der Waals surface area contributed by atoms with Crippen molar-refractivity contribution >= 4 is 5.71 Å². The second-order valence-electron chi connectivity index (χ2n) is 4.33. The van der Waals surface area contributed by atoms with Gasteiger partial charge in [0.1, 0.15) is 6.61 Å². The van der Waals surface area contributed by atoms with Gasteiger partial charge < -0.3 is 15.3 Å². The summed E-state index contributed by atoms with van der Waals surface area (Å²) in [5.74, 6) is 0. The highest BCUT2D eigenvalue weighted by Gasteiger charge is 2.04. The largest absolute Gasteiger partial charge is 0.394 e. The van der Waals surface area contributed by atoms with E-state index in [1.54, 1.807) is 7.11 Å². The smallest absolute Gasteiger partial charge is 0.129 e. The minimum atomic E-state index is 0.458. The SMILES string of the molecule is COCCCCCC(=NOCCN)c1ccccc1. The van der Waals surface area contributed by atoms with Crippen molar-refractivity contribution in [3.8, 4) is 0 Å². The molecule has 106 valence electrons. The summed E-state index contributed by atoms with van der Waals surface area (Å²) in [6, 6.07) is 10.1. The third-order valence-electron chi connectivity index (χ3n) is 2.75. The molecular weight excluding hydrogens is 240 g/mol. The lowest BCUT2D eigenvalue weighted by Crippen LogP contribution is -2.08. The standard InChI is InChI=1S/C15H24N2O2/c1-18-12-7-3-6-10-15(17-19-13-11-16)14-8-4-2-5-9-14/h2,4-5,8-9H,3,6-7,10-13,16H2,1H3. The van der Waals surface area contributed by atoms with Crippen molar-refractivity contribution in [3.05, 3.63) is 35.9 Å². The number of methoxy groups -OCH3 is 1. The van der Waals surface area contributed by atoms with Gasteiger partial charge in [0.05, 0.1) is 5.71 Å². The van der Waals surface area contributed by atoms with Crippen molar-refractivity contribution in [1.82, 2.24) is 0 Å². The molecule has 1 aromatic rings. The number of oxime groups is 1. The van der Waals surface area contributed by atoms with Gasteiger partial charge in [-0.15, -0.1) is 0 Å². The molecule has 0 fully saturated rings. The quantitative estimate of drug-likeness (QED) is 0.401. The molecule has 0 heterocycles. The van der Waals surface area contributed by atoms with Crippen LogP contribution in [0.1, 0.15) is 31.2 Å². The van der Waals surface area contributed by atoms with E-state index in [4.69, 9.17) is 15.3 Å². The van der Waals surface area contributed by atoms with Crippen molar-refractivity contribution in [1.29, 1.82) is 0 Å². The summed E-state index contributed by atoms with van der Waals surface area (Å²) < 4.78 is 5.04. The summed E-state index contributed by atoms with van der Waals surface area (Å²) in [7, 11) is 1.73. The lowest BCUT2D eigenvalue weighted by molar-refractivity contribution is 0.151. The first-order valence-corrected chi connectivity index (χ1v) is 6.81. The van der Waals surface area contributed by atoms with Gasteiger partial charge in [-0.25, -0.2) is 0 Å². The highest BCUT2D eigenvalue weighted by Crippen LogP contribution is 2.10. The molecule has 0 radical (unpaired) electrons. The summed E-state index contributed by atoms with van der Waals surface area (Å²) in [5, 5.41) is 4.21. The number of nitrogens with two attached hydrogens (primary N) is 1. The highest BCUT2D eigenvalue weighted by atomic mass is 16.6. The minimum absolute atomic E-state index is 0.458. The van der Waals surface area contributed by atoms with Gasteiger partial charge in [-0.2, -0.15) is 0 Å². The maximum atomic E-state index is 5.40. The Balaban J connectivity index is 2.48. The Bertz CT molecular complexity index is 352. The van der Waals surface area contributed by atoms with E-state index >= 15 is 0 Å². The third-order valence-corrected chi connectivity index (χ3v) is 2.75. The molecule has 0 bridgehead atoms. The van der Waals surface area contributed by atoms with Crippen molar-refractivity contribution in [3.63, 3.8) is 0 Å². The summed E-state index contributed by atoms with van der Waals surface area (Å²) in [6.07, 6.45) is 4.22. The maximum absolute atomic E-state index is 5.40. The normalized spacial score (nSPS) is 11.6. The van der Waals surface area contributed by atoms with E-state index in [-0.39, 0.29) is 0 Å². The molecule has 0 atom stereocenters. The molecule has 4 nitrogen and oxygen atoms in total. The van der Waals surface area contributed by atoms with Crippen LogP contribution in [-0.4, -0.2) is 32.6 Å². The van der Waals surface area contributed by atoms with E-state index < -0.39 is 0 Å². The molecule has 0 amide bonds. The van der Waals surface area contributed by atoms with E-state index in [0.717, 1.165) is 43.6 Å². The number of nitrogens with zero attached hydrogens (tertiary/aromatic N) is 1. The van der Waals surface area contributed by atoms with Crippen LogP contribution in [-0.2, 0) is 9.57 Å². The van der Waals surface area contributed by atoms with Crippen LogP contribution < -0.4 is 5.73 Å². The number of unbranched alkanes of at least 4 members (excludes halogenated alkanes) is 2.